The fourth-order valence-electron chi connectivity index (χ4n) is 2.80. The fraction of sp³-hybridized carbons (Fsp3) is 0.769. The van der Waals surface area contributed by atoms with E-state index in [4.69, 9.17) is 5.84 Å². The van der Waals surface area contributed by atoms with Gasteiger partial charge in [0.1, 0.15) is 0 Å². The van der Waals surface area contributed by atoms with Crippen molar-refractivity contribution in [3.63, 3.8) is 0 Å². The van der Waals surface area contributed by atoms with Crippen LogP contribution in [-0.4, -0.2) is 42.1 Å². The van der Waals surface area contributed by atoms with Gasteiger partial charge in [0.2, 0.25) is 17.8 Å². The van der Waals surface area contributed by atoms with E-state index < -0.39 is 0 Å². The molecule has 0 radical (unpaired) electrons. The van der Waals surface area contributed by atoms with Gasteiger partial charge in [-0.05, 0) is 18.8 Å². The lowest BCUT2D eigenvalue weighted by Gasteiger charge is -2.36. The van der Waals surface area contributed by atoms with Gasteiger partial charge in [-0.3, -0.25) is 5.43 Å². The van der Waals surface area contributed by atoms with Crippen LogP contribution < -0.4 is 21.1 Å². The topological polar surface area (TPSA) is 83.2 Å². The van der Waals surface area contributed by atoms with Gasteiger partial charge in [0.05, 0.1) is 0 Å². The molecular formula is C13H25N7. The maximum Gasteiger partial charge on any atom is 0.243 e. The molecule has 1 heterocycles. The van der Waals surface area contributed by atoms with Crippen molar-refractivity contribution in [1.29, 1.82) is 0 Å². The van der Waals surface area contributed by atoms with E-state index in [-0.39, 0.29) is 0 Å². The molecule has 2 atom stereocenters. The van der Waals surface area contributed by atoms with E-state index in [1.165, 1.54) is 25.7 Å². The number of rotatable bonds is 4. The van der Waals surface area contributed by atoms with E-state index in [0.717, 1.165) is 0 Å². The van der Waals surface area contributed by atoms with E-state index >= 15 is 0 Å². The summed E-state index contributed by atoms with van der Waals surface area (Å²) in [5.41, 5.74) is 2.52. The summed E-state index contributed by atoms with van der Waals surface area (Å²) in [4.78, 5) is 17.2. The van der Waals surface area contributed by atoms with Crippen LogP contribution in [0.5, 0.6) is 0 Å². The highest BCUT2D eigenvalue weighted by Gasteiger charge is 2.27. The molecule has 1 aliphatic rings. The van der Waals surface area contributed by atoms with Crippen molar-refractivity contribution in [3.05, 3.63) is 0 Å². The number of hydrogen-bond acceptors (Lipinski definition) is 7. The standard InChI is InChI=1S/C13H25N7/c1-9-7-5-6-8-10(9)20(4)13-16-11(18-14)15-12(17-13)19(2)3/h9-10H,5-8,14H2,1-4H3,(H,15,16,17,18). The third-order valence-corrected chi connectivity index (χ3v) is 4.02. The fourth-order valence-corrected chi connectivity index (χ4v) is 2.80. The normalized spacial score (nSPS) is 22.4. The molecule has 2 unspecified atom stereocenters. The number of nitrogens with one attached hydrogen (secondary N) is 1. The van der Waals surface area contributed by atoms with Gasteiger partial charge in [0.15, 0.2) is 0 Å². The molecule has 1 saturated carbocycles. The van der Waals surface area contributed by atoms with Gasteiger partial charge >= 0.3 is 0 Å². The molecule has 0 spiro atoms. The number of hydrogen-bond donors (Lipinski definition) is 2. The van der Waals surface area contributed by atoms with Crippen LogP contribution >= 0.6 is 0 Å². The van der Waals surface area contributed by atoms with E-state index in [0.29, 0.717) is 29.8 Å². The van der Waals surface area contributed by atoms with Gasteiger partial charge in [-0.25, -0.2) is 5.84 Å². The lowest BCUT2D eigenvalue weighted by atomic mass is 9.85. The zero-order valence-corrected chi connectivity index (χ0v) is 12.8. The molecule has 0 aromatic carbocycles. The summed E-state index contributed by atoms with van der Waals surface area (Å²) in [6.45, 7) is 2.30. The molecule has 1 aliphatic carbocycles. The second kappa shape index (κ2) is 6.21. The Hall–Kier alpha value is -1.63. The average Bonchev–Trinajstić information content (AvgIpc) is 2.46. The maximum atomic E-state index is 5.45. The first kappa shape index (κ1) is 14.8. The second-order valence-corrected chi connectivity index (χ2v) is 5.74. The molecule has 0 aliphatic heterocycles. The minimum absolute atomic E-state index is 0.397. The summed E-state index contributed by atoms with van der Waals surface area (Å²) in [6.07, 6.45) is 5.04. The monoisotopic (exact) mass is 279 g/mol. The van der Waals surface area contributed by atoms with Crippen molar-refractivity contribution in [2.24, 2.45) is 11.8 Å². The molecule has 3 N–H and O–H groups in total. The highest BCUT2D eigenvalue weighted by molar-refractivity contribution is 5.44. The Morgan fingerprint density at radius 2 is 1.70 bits per heavy atom. The summed E-state index contributed by atoms with van der Waals surface area (Å²) >= 11 is 0. The number of hydrazine groups is 1. The highest BCUT2D eigenvalue weighted by Crippen LogP contribution is 2.29. The van der Waals surface area contributed by atoms with Crippen molar-refractivity contribution < 1.29 is 0 Å². The molecule has 0 bridgehead atoms. The molecule has 1 aromatic heterocycles. The van der Waals surface area contributed by atoms with Crippen LogP contribution in [0, 0.1) is 5.92 Å². The SMILES string of the molecule is CC1CCCCC1N(C)c1nc(NN)nc(N(C)C)n1. The minimum atomic E-state index is 0.397. The van der Waals surface area contributed by atoms with Crippen LogP contribution in [0.25, 0.3) is 0 Å². The van der Waals surface area contributed by atoms with Crippen LogP contribution in [0.3, 0.4) is 0 Å². The Labute approximate surface area is 120 Å². The molecular weight excluding hydrogens is 254 g/mol. The molecule has 7 heteroatoms. The predicted molar refractivity (Wildman–Crippen MR) is 81.8 cm³/mol. The lowest BCUT2D eigenvalue weighted by molar-refractivity contribution is 0.319. The van der Waals surface area contributed by atoms with Gasteiger partial charge in [0, 0.05) is 27.2 Å². The molecule has 112 valence electrons. The largest absolute Gasteiger partial charge is 0.347 e. The van der Waals surface area contributed by atoms with Crippen molar-refractivity contribution >= 4 is 17.8 Å². The smallest absolute Gasteiger partial charge is 0.243 e. The van der Waals surface area contributed by atoms with Crippen LogP contribution in [0.4, 0.5) is 17.8 Å². The molecule has 0 saturated heterocycles. The summed E-state index contributed by atoms with van der Waals surface area (Å²) in [5, 5.41) is 0. The summed E-state index contributed by atoms with van der Waals surface area (Å²) in [6, 6.07) is 0.479. The van der Waals surface area contributed by atoms with Crippen LogP contribution in [0.2, 0.25) is 0 Å². The van der Waals surface area contributed by atoms with Crippen LogP contribution in [0.15, 0.2) is 0 Å². The van der Waals surface area contributed by atoms with Crippen LogP contribution in [0.1, 0.15) is 32.6 Å². The lowest BCUT2D eigenvalue weighted by Crippen LogP contribution is -2.40. The molecule has 1 fully saturated rings. The predicted octanol–water partition coefficient (Wildman–Crippen LogP) is 1.24. The number of aromatic nitrogens is 3. The van der Waals surface area contributed by atoms with E-state index in [1.54, 1.807) is 0 Å². The number of nitrogens with zero attached hydrogens (tertiary/aromatic N) is 5. The first-order valence-electron chi connectivity index (χ1n) is 7.15. The van der Waals surface area contributed by atoms with E-state index in [1.807, 2.05) is 19.0 Å². The quantitative estimate of drug-likeness (QED) is 0.633. The first-order chi connectivity index (χ1) is 9.52. The Balaban J connectivity index is 2.28. The summed E-state index contributed by atoms with van der Waals surface area (Å²) in [5.74, 6) is 7.79. The van der Waals surface area contributed by atoms with Crippen molar-refractivity contribution in [3.8, 4) is 0 Å². The van der Waals surface area contributed by atoms with Gasteiger partial charge in [-0.1, -0.05) is 19.8 Å². The Morgan fingerprint density at radius 3 is 2.30 bits per heavy atom. The van der Waals surface area contributed by atoms with Gasteiger partial charge in [-0.15, -0.1) is 0 Å². The first-order valence-corrected chi connectivity index (χ1v) is 7.15. The second-order valence-electron chi connectivity index (χ2n) is 5.74. The number of anilines is 3. The third kappa shape index (κ3) is 3.09. The van der Waals surface area contributed by atoms with Crippen LogP contribution in [-0.2, 0) is 0 Å². The van der Waals surface area contributed by atoms with Gasteiger partial charge in [-0.2, -0.15) is 15.0 Å². The highest BCUT2D eigenvalue weighted by atomic mass is 15.4. The zero-order chi connectivity index (χ0) is 14.7. The van der Waals surface area contributed by atoms with E-state index in [9.17, 15) is 0 Å². The minimum Gasteiger partial charge on any atom is -0.347 e. The molecule has 7 nitrogen and oxygen atoms in total. The number of nitrogen functional groups attached to an aromatic ring is 1. The number of nitrogens with two attached hydrogens (primary N) is 1. The van der Waals surface area contributed by atoms with Gasteiger partial charge < -0.3 is 9.80 Å². The van der Waals surface area contributed by atoms with Crippen molar-refractivity contribution in [1.82, 2.24) is 15.0 Å². The Kier molecular flexibility index (Phi) is 4.59. The molecule has 20 heavy (non-hydrogen) atoms. The average molecular weight is 279 g/mol. The van der Waals surface area contributed by atoms with E-state index in [2.05, 4.69) is 39.2 Å². The third-order valence-electron chi connectivity index (χ3n) is 4.02. The maximum absolute atomic E-state index is 5.45. The summed E-state index contributed by atoms with van der Waals surface area (Å²) < 4.78 is 0. The summed E-state index contributed by atoms with van der Waals surface area (Å²) in [7, 11) is 5.87. The molecule has 1 aromatic rings. The molecule has 0 amide bonds. The zero-order valence-electron chi connectivity index (χ0n) is 12.8. The molecule has 2 rings (SSSR count). The van der Waals surface area contributed by atoms with Crippen molar-refractivity contribution in [2.45, 2.75) is 38.6 Å². The Morgan fingerprint density at radius 1 is 1.05 bits per heavy atom. The van der Waals surface area contributed by atoms with Gasteiger partial charge in [0.25, 0.3) is 0 Å². The Bertz CT molecular complexity index is 448. The van der Waals surface area contributed by atoms with Crippen molar-refractivity contribution in [2.75, 3.05) is 36.4 Å².